The predicted molar refractivity (Wildman–Crippen MR) is 117 cm³/mol. The third-order valence-electron chi connectivity index (χ3n) is 7.45. The van der Waals surface area contributed by atoms with E-state index in [0.29, 0.717) is 18.6 Å². The summed E-state index contributed by atoms with van der Waals surface area (Å²) in [6.45, 7) is 1.97. The Morgan fingerprint density at radius 3 is 1.40 bits per heavy atom. The molecule has 1 nitrogen and oxygen atoms in total. The van der Waals surface area contributed by atoms with Gasteiger partial charge in [0.15, 0.2) is 0 Å². The summed E-state index contributed by atoms with van der Waals surface area (Å²) in [4.78, 5) is 0. The van der Waals surface area contributed by atoms with Crippen LogP contribution < -0.4 is 4.74 Å². The summed E-state index contributed by atoms with van der Waals surface area (Å²) in [6, 6.07) is 3.25. The van der Waals surface area contributed by atoms with E-state index in [-0.39, 0.29) is 18.8 Å². The highest BCUT2D eigenvalue weighted by Gasteiger charge is 2.96. The second kappa shape index (κ2) is 11.6. The predicted octanol–water partition coefficient (Wildman–Crippen LogP) is 10.5. The van der Waals surface area contributed by atoms with Gasteiger partial charge in [-0.15, -0.1) is 0 Å². The van der Waals surface area contributed by atoms with Gasteiger partial charge in [0.1, 0.15) is 5.75 Å². The van der Waals surface area contributed by atoms with Gasteiger partial charge in [0, 0.05) is 0 Å². The minimum Gasteiger partial charge on any atom is -0.494 e. The smallest absolute Gasteiger partial charge is 0.460 e. The van der Waals surface area contributed by atoms with Crippen LogP contribution in [0.4, 0.5) is 74.6 Å². The molecule has 0 heterocycles. The number of hydrogen-bond donors (Lipinski definition) is 0. The Hall–Kier alpha value is -2.17. The van der Waals surface area contributed by atoms with Gasteiger partial charge in [-0.2, -0.15) is 74.6 Å². The average Bonchev–Trinajstić information content (AvgIpc) is 2.90. The molecule has 0 bridgehead atoms. The Balaban J connectivity index is 2.64. The zero-order chi connectivity index (χ0) is 33.6. The summed E-state index contributed by atoms with van der Waals surface area (Å²) in [5, 5.41) is 0. The number of rotatable bonds is 13. The average molecular weight is 664 g/mol. The van der Waals surface area contributed by atoms with E-state index in [1.54, 1.807) is 0 Å². The molecule has 0 radical (unpaired) electrons. The van der Waals surface area contributed by atoms with Crippen LogP contribution in [0.5, 0.6) is 5.75 Å². The molecule has 1 saturated carbocycles. The summed E-state index contributed by atoms with van der Waals surface area (Å²) in [5.74, 6) is -56.5. The monoisotopic (exact) mass is 664 g/mol. The van der Waals surface area contributed by atoms with Crippen molar-refractivity contribution < 1.29 is 79.4 Å². The zero-order valence-corrected chi connectivity index (χ0v) is 22.0. The second-order valence-electron chi connectivity index (χ2n) is 10.2. The minimum absolute atomic E-state index is 0.0229. The molecule has 0 amide bonds. The van der Waals surface area contributed by atoms with Gasteiger partial charge in [-0.25, -0.2) is 0 Å². The number of alkyl halides is 17. The number of hydrogen-bond acceptors (Lipinski definition) is 1. The van der Waals surface area contributed by atoms with Gasteiger partial charge in [0.2, 0.25) is 0 Å². The van der Waals surface area contributed by atoms with Gasteiger partial charge >= 0.3 is 47.6 Å². The lowest BCUT2D eigenvalue weighted by molar-refractivity contribution is -0.464. The van der Waals surface area contributed by atoms with Crippen molar-refractivity contribution in [1.29, 1.82) is 0 Å². The first kappa shape index (κ1) is 37.0. The van der Waals surface area contributed by atoms with Crippen LogP contribution in [-0.4, -0.2) is 54.2 Å². The second-order valence-corrected chi connectivity index (χ2v) is 10.2. The summed E-state index contributed by atoms with van der Waals surface area (Å²) in [6.07, 6.45) is -8.84. The third-order valence-corrected chi connectivity index (χ3v) is 7.45. The zero-order valence-electron chi connectivity index (χ0n) is 22.0. The molecule has 1 aliphatic carbocycles. The molecule has 250 valence electrons. The van der Waals surface area contributed by atoms with E-state index in [1.807, 2.05) is 6.92 Å². The van der Waals surface area contributed by atoms with Crippen molar-refractivity contribution in [3.05, 3.63) is 29.8 Å². The van der Waals surface area contributed by atoms with Crippen LogP contribution in [0.3, 0.4) is 0 Å². The van der Waals surface area contributed by atoms with Crippen molar-refractivity contribution in [1.82, 2.24) is 0 Å². The number of benzene rings is 1. The quantitative estimate of drug-likeness (QED) is 0.151. The van der Waals surface area contributed by atoms with Crippen LogP contribution in [0.2, 0.25) is 0 Å². The Kier molecular flexibility index (Phi) is 10.0. The molecule has 0 atom stereocenters. The van der Waals surface area contributed by atoms with E-state index >= 15 is 8.78 Å². The number of unbranched alkanes of at least 4 members (excludes halogenated alkanes) is 2. The van der Waals surface area contributed by atoms with Crippen LogP contribution >= 0.6 is 0 Å². The van der Waals surface area contributed by atoms with Gasteiger partial charge < -0.3 is 4.74 Å². The van der Waals surface area contributed by atoms with Crippen LogP contribution in [0, 0.1) is 0 Å². The van der Waals surface area contributed by atoms with Crippen LogP contribution in [0.25, 0.3) is 0 Å². The van der Waals surface area contributed by atoms with Gasteiger partial charge in [-0.3, -0.25) is 0 Å². The standard InChI is InChI=1S/C25H25F17O/c1-2-3-7-14-43-16-10-8-15(9-11-16)17(12-5-4-6-13-17)18(26,27)19(28,29)20(30,31)21(32,33)22(34,35)23(36,37)24(38,39)25(40,41)42/h8-11H,2-7,12-14H2,1H3. The Bertz CT molecular complexity index is 1070. The first-order chi connectivity index (χ1) is 19.2. The molecule has 0 saturated heterocycles. The topological polar surface area (TPSA) is 9.23 Å². The molecule has 1 fully saturated rings. The van der Waals surface area contributed by atoms with E-state index in [9.17, 15) is 65.9 Å². The molecule has 1 aromatic rings. The molecule has 1 aliphatic rings. The molecule has 0 unspecified atom stereocenters. The van der Waals surface area contributed by atoms with Crippen LogP contribution in [-0.2, 0) is 5.41 Å². The maximum atomic E-state index is 15.6. The fraction of sp³-hybridized carbons (Fsp3) is 0.760. The summed E-state index contributed by atoms with van der Waals surface area (Å²) in [7, 11) is 0. The van der Waals surface area contributed by atoms with E-state index < -0.39 is 84.3 Å². The molecule has 0 spiro atoms. The van der Waals surface area contributed by atoms with Crippen LogP contribution in [0.15, 0.2) is 24.3 Å². The molecular weight excluding hydrogens is 639 g/mol. The molecule has 0 N–H and O–H groups in total. The van der Waals surface area contributed by atoms with Gasteiger partial charge in [-0.05, 0) is 37.0 Å². The number of halogens is 17. The molecule has 0 aromatic heterocycles. The highest BCUT2D eigenvalue weighted by atomic mass is 19.4. The van der Waals surface area contributed by atoms with Crippen LogP contribution in [0.1, 0.15) is 63.9 Å². The molecule has 1 aromatic carbocycles. The highest BCUT2D eigenvalue weighted by molar-refractivity contribution is 5.37. The van der Waals surface area contributed by atoms with Crippen molar-refractivity contribution >= 4 is 0 Å². The fourth-order valence-electron chi connectivity index (χ4n) is 4.82. The van der Waals surface area contributed by atoms with Crippen molar-refractivity contribution in [3.8, 4) is 5.75 Å². The van der Waals surface area contributed by atoms with Crippen molar-refractivity contribution in [2.75, 3.05) is 6.61 Å². The molecule has 0 aliphatic heterocycles. The summed E-state index contributed by atoms with van der Waals surface area (Å²) in [5.41, 5.74) is -4.42. The van der Waals surface area contributed by atoms with Gasteiger partial charge in [0.05, 0.1) is 12.0 Å². The normalized spacial score (nSPS) is 18.1. The molecule has 43 heavy (non-hydrogen) atoms. The van der Waals surface area contributed by atoms with E-state index in [2.05, 4.69) is 0 Å². The largest absolute Gasteiger partial charge is 0.494 e. The third kappa shape index (κ3) is 5.50. The summed E-state index contributed by atoms with van der Waals surface area (Å²) < 4.78 is 242. The SMILES string of the molecule is CCCCCOc1ccc(C2(C(F)(F)C(F)(F)C(F)(F)C(F)(F)C(F)(F)C(F)(F)C(F)(F)C(F)(F)F)CCCCC2)cc1. The lowest BCUT2D eigenvalue weighted by atomic mass is 9.62. The maximum Gasteiger partial charge on any atom is 0.460 e. The lowest BCUT2D eigenvalue weighted by Crippen LogP contribution is -2.76. The molecule has 18 heteroatoms. The molecule has 2 rings (SSSR count). The van der Waals surface area contributed by atoms with Crippen molar-refractivity contribution in [3.63, 3.8) is 0 Å². The number of ether oxygens (including phenoxy) is 1. The minimum atomic E-state index is -8.64. The Labute approximate surface area is 233 Å². The summed E-state index contributed by atoms with van der Waals surface area (Å²) >= 11 is 0. The lowest BCUT2D eigenvalue weighted by Gasteiger charge is -2.49. The maximum absolute atomic E-state index is 15.6. The van der Waals surface area contributed by atoms with Gasteiger partial charge in [-0.1, -0.05) is 51.2 Å². The van der Waals surface area contributed by atoms with E-state index in [4.69, 9.17) is 4.74 Å². The highest BCUT2D eigenvalue weighted by Crippen LogP contribution is 2.67. The fourth-order valence-corrected chi connectivity index (χ4v) is 4.82. The first-order valence-corrected chi connectivity index (χ1v) is 12.7. The van der Waals surface area contributed by atoms with Crippen molar-refractivity contribution in [2.45, 2.75) is 111 Å². The molecular formula is C25H25F17O. The first-order valence-electron chi connectivity index (χ1n) is 12.7. The van der Waals surface area contributed by atoms with Gasteiger partial charge in [0.25, 0.3) is 0 Å². The van der Waals surface area contributed by atoms with Crippen molar-refractivity contribution in [2.24, 2.45) is 0 Å². The van der Waals surface area contributed by atoms with E-state index in [0.717, 1.165) is 25.0 Å². The Morgan fingerprint density at radius 2 is 0.977 bits per heavy atom. The van der Waals surface area contributed by atoms with E-state index in [1.165, 1.54) is 0 Å². The Morgan fingerprint density at radius 1 is 0.558 bits per heavy atom.